The summed E-state index contributed by atoms with van der Waals surface area (Å²) in [6, 6.07) is 0. The fourth-order valence-electron chi connectivity index (χ4n) is 1.59. The van der Waals surface area contributed by atoms with Gasteiger partial charge in [-0.25, -0.2) is 0 Å². The molecule has 2 N–H and O–H groups in total. The molecule has 0 aliphatic carbocycles. The summed E-state index contributed by atoms with van der Waals surface area (Å²) >= 11 is 0. The second kappa shape index (κ2) is 6.83. The van der Waals surface area contributed by atoms with E-state index in [-0.39, 0.29) is 5.91 Å². The van der Waals surface area contributed by atoms with Crippen molar-refractivity contribution in [2.45, 2.75) is 31.8 Å². The molecule has 0 unspecified atom stereocenters. The number of rotatable bonds is 6. The van der Waals surface area contributed by atoms with Crippen LogP contribution >= 0.6 is 0 Å². The summed E-state index contributed by atoms with van der Waals surface area (Å²) in [6.07, 6.45) is 1.51. The third kappa shape index (κ3) is 4.92. The van der Waals surface area contributed by atoms with Gasteiger partial charge in [-0.1, -0.05) is 0 Å². The molecule has 1 aliphatic heterocycles. The van der Waals surface area contributed by atoms with E-state index in [0.29, 0.717) is 52.2 Å². The maximum absolute atomic E-state index is 11.4. The van der Waals surface area contributed by atoms with Gasteiger partial charge in [0.05, 0.1) is 12.2 Å². The first kappa shape index (κ1) is 13.4. The highest BCUT2D eigenvalue weighted by Gasteiger charge is 2.29. The number of ether oxygens (including phenoxy) is 2. The zero-order chi connectivity index (χ0) is 11.9. The summed E-state index contributed by atoms with van der Waals surface area (Å²) in [7, 11) is 0. The molecule has 0 aromatic heterocycles. The Morgan fingerprint density at radius 3 is 2.81 bits per heavy atom. The third-order valence-corrected chi connectivity index (χ3v) is 2.72. The zero-order valence-electron chi connectivity index (χ0n) is 9.83. The second-order valence-corrected chi connectivity index (χ2v) is 4.06. The largest absolute Gasteiger partial charge is 0.388 e. The molecule has 1 amide bonds. The molecule has 0 aromatic rings. The molecule has 1 rings (SSSR count). The smallest absolute Gasteiger partial charge is 0.222 e. The van der Waals surface area contributed by atoms with Crippen LogP contribution in [-0.4, -0.2) is 49.6 Å². The van der Waals surface area contributed by atoms with Crippen LogP contribution in [0.4, 0.5) is 0 Å². The third-order valence-electron chi connectivity index (χ3n) is 2.72. The maximum atomic E-state index is 11.4. The van der Waals surface area contributed by atoms with Crippen molar-refractivity contribution in [1.29, 1.82) is 0 Å². The topological polar surface area (TPSA) is 67.8 Å². The van der Waals surface area contributed by atoms with Crippen molar-refractivity contribution in [3.05, 3.63) is 0 Å². The van der Waals surface area contributed by atoms with Crippen LogP contribution in [0.25, 0.3) is 0 Å². The summed E-state index contributed by atoms with van der Waals surface area (Å²) in [5, 5.41) is 12.8. The van der Waals surface area contributed by atoms with Crippen molar-refractivity contribution in [3.8, 4) is 0 Å². The molecule has 1 aliphatic rings. The number of aliphatic hydroxyl groups is 1. The molecule has 1 fully saturated rings. The maximum Gasteiger partial charge on any atom is 0.222 e. The minimum Gasteiger partial charge on any atom is -0.388 e. The summed E-state index contributed by atoms with van der Waals surface area (Å²) in [5.74, 6) is -0.0756. The summed E-state index contributed by atoms with van der Waals surface area (Å²) in [6.45, 7) is 4.37. The van der Waals surface area contributed by atoms with Gasteiger partial charge in [0.2, 0.25) is 5.91 Å². The van der Waals surface area contributed by atoms with Gasteiger partial charge in [0, 0.05) is 45.6 Å². The molecule has 1 saturated heterocycles. The van der Waals surface area contributed by atoms with Crippen LogP contribution in [0.15, 0.2) is 0 Å². The Balaban J connectivity index is 2.14. The van der Waals surface area contributed by atoms with Crippen LogP contribution in [0.5, 0.6) is 0 Å². The lowest BCUT2D eigenvalue weighted by molar-refractivity contribution is -0.124. The van der Waals surface area contributed by atoms with E-state index >= 15 is 0 Å². The van der Waals surface area contributed by atoms with Crippen LogP contribution in [0.3, 0.4) is 0 Å². The normalized spacial score (nSPS) is 19.4. The van der Waals surface area contributed by atoms with E-state index in [9.17, 15) is 9.90 Å². The number of carbonyl (C=O) groups is 1. The van der Waals surface area contributed by atoms with Crippen molar-refractivity contribution in [3.63, 3.8) is 0 Å². The molecule has 0 saturated carbocycles. The lowest BCUT2D eigenvalue weighted by atomic mass is 9.94. The standard InChI is InChI=1S/C11H21NO4/c1-2-15-6-3-10(13)12-9-11(14)4-7-16-8-5-11/h14H,2-9H2,1H3,(H,12,13). The van der Waals surface area contributed by atoms with E-state index in [0.717, 1.165) is 0 Å². The van der Waals surface area contributed by atoms with Gasteiger partial charge in [0.15, 0.2) is 0 Å². The second-order valence-electron chi connectivity index (χ2n) is 4.06. The van der Waals surface area contributed by atoms with Crippen LogP contribution in [0.2, 0.25) is 0 Å². The van der Waals surface area contributed by atoms with Crippen molar-refractivity contribution in [2.24, 2.45) is 0 Å². The predicted molar refractivity (Wildman–Crippen MR) is 59.1 cm³/mol. The van der Waals surface area contributed by atoms with E-state index in [1.165, 1.54) is 0 Å². The minimum absolute atomic E-state index is 0.0756. The number of hydrogen-bond donors (Lipinski definition) is 2. The summed E-state index contributed by atoms with van der Waals surface area (Å²) in [4.78, 5) is 11.4. The number of hydrogen-bond acceptors (Lipinski definition) is 4. The van der Waals surface area contributed by atoms with Gasteiger partial charge >= 0.3 is 0 Å². The van der Waals surface area contributed by atoms with Gasteiger partial charge in [0.25, 0.3) is 0 Å². The lowest BCUT2D eigenvalue weighted by Gasteiger charge is -2.32. The fraction of sp³-hybridized carbons (Fsp3) is 0.909. The highest BCUT2D eigenvalue weighted by atomic mass is 16.5. The van der Waals surface area contributed by atoms with Gasteiger partial charge in [-0.15, -0.1) is 0 Å². The van der Waals surface area contributed by atoms with E-state index < -0.39 is 5.60 Å². The van der Waals surface area contributed by atoms with E-state index in [4.69, 9.17) is 9.47 Å². The van der Waals surface area contributed by atoms with Crippen LogP contribution in [0, 0.1) is 0 Å². The lowest BCUT2D eigenvalue weighted by Crippen LogP contribution is -2.46. The van der Waals surface area contributed by atoms with Gasteiger partial charge in [-0.05, 0) is 6.92 Å². The molecule has 16 heavy (non-hydrogen) atoms. The van der Waals surface area contributed by atoms with Crippen molar-refractivity contribution >= 4 is 5.91 Å². The van der Waals surface area contributed by atoms with Gasteiger partial charge in [0.1, 0.15) is 0 Å². The Hall–Kier alpha value is -0.650. The van der Waals surface area contributed by atoms with Crippen LogP contribution in [-0.2, 0) is 14.3 Å². The molecular formula is C11H21NO4. The monoisotopic (exact) mass is 231 g/mol. The fourth-order valence-corrected chi connectivity index (χ4v) is 1.59. The first-order valence-corrected chi connectivity index (χ1v) is 5.81. The molecular weight excluding hydrogens is 210 g/mol. The molecule has 5 heteroatoms. The first-order valence-electron chi connectivity index (χ1n) is 5.81. The van der Waals surface area contributed by atoms with Crippen LogP contribution < -0.4 is 5.32 Å². The number of nitrogens with one attached hydrogen (secondary N) is 1. The molecule has 5 nitrogen and oxygen atoms in total. The molecule has 0 spiro atoms. The average Bonchev–Trinajstić information content (AvgIpc) is 2.28. The zero-order valence-corrected chi connectivity index (χ0v) is 9.83. The molecule has 94 valence electrons. The quantitative estimate of drug-likeness (QED) is 0.635. The van der Waals surface area contributed by atoms with Crippen molar-refractivity contribution in [1.82, 2.24) is 5.32 Å². The van der Waals surface area contributed by atoms with Gasteiger partial charge < -0.3 is 19.9 Å². The average molecular weight is 231 g/mol. The highest BCUT2D eigenvalue weighted by Crippen LogP contribution is 2.19. The van der Waals surface area contributed by atoms with E-state index in [2.05, 4.69) is 5.32 Å². The summed E-state index contributed by atoms with van der Waals surface area (Å²) < 4.78 is 10.2. The molecule has 0 radical (unpaired) electrons. The molecule has 1 heterocycles. The van der Waals surface area contributed by atoms with E-state index in [1.807, 2.05) is 6.92 Å². The molecule has 0 bridgehead atoms. The Labute approximate surface area is 96.1 Å². The predicted octanol–water partition coefficient (Wildman–Crippen LogP) is 0.0707. The first-order chi connectivity index (χ1) is 7.66. The van der Waals surface area contributed by atoms with Crippen molar-refractivity contribution in [2.75, 3.05) is 33.0 Å². The Morgan fingerprint density at radius 1 is 1.50 bits per heavy atom. The van der Waals surface area contributed by atoms with Gasteiger partial charge in [-0.2, -0.15) is 0 Å². The Kier molecular flexibility index (Phi) is 5.73. The Morgan fingerprint density at radius 2 is 2.19 bits per heavy atom. The Bertz CT molecular complexity index is 214. The number of carbonyl (C=O) groups excluding carboxylic acids is 1. The molecule has 0 aromatic carbocycles. The summed E-state index contributed by atoms with van der Waals surface area (Å²) in [5.41, 5.74) is -0.792. The minimum atomic E-state index is -0.792. The van der Waals surface area contributed by atoms with Crippen LogP contribution in [0.1, 0.15) is 26.2 Å². The van der Waals surface area contributed by atoms with E-state index in [1.54, 1.807) is 0 Å². The number of amides is 1. The highest BCUT2D eigenvalue weighted by molar-refractivity contribution is 5.76. The molecule has 0 atom stereocenters. The van der Waals surface area contributed by atoms with Gasteiger partial charge in [-0.3, -0.25) is 4.79 Å². The van der Waals surface area contributed by atoms with Crippen molar-refractivity contribution < 1.29 is 19.4 Å². The SMILES string of the molecule is CCOCCC(=O)NCC1(O)CCOCC1.